The van der Waals surface area contributed by atoms with E-state index in [1.165, 1.54) is 32.1 Å². The smallest absolute Gasteiger partial charge is 0.0818 e. The van der Waals surface area contributed by atoms with E-state index in [1.54, 1.807) is 0 Å². The van der Waals surface area contributed by atoms with E-state index in [0.29, 0.717) is 5.92 Å². The molecule has 0 bridgehead atoms. The Morgan fingerprint density at radius 1 is 0.929 bits per heavy atom. The Bertz CT molecular complexity index is 117. The molecule has 0 aromatic carbocycles. The molecule has 0 aromatic heterocycles. The highest BCUT2D eigenvalue weighted by molar-refractivity contribution is 6.07. The van der Waals surface area contributed by atoms with E-state index in [9.17, 15) is 0 Å². The van der Waals surface area contributed by atoms with Gasteiger partial charge in [0.15, 0.2) is 0 Å². The van der Waals surface area contributed by atoms with Crippen LogP contribution in [0.2, 0.25) is 0 Å². The Balaban J connectivity index is 3.97. The molecule has 0 aromatic rings. The Hall–Kier alpha value is 0.250. The van der Waals surface area contributed by atoms with Crippen molar-refractivity contribution < 1.29 is 4.29 Å². The van der Waals surface area contributed by atoms with E-state index in [4.69, 9.17) is 16.2 Å². The minimum absolute atomic E-state index is 0.271. The zero-order chi connectivity index (χ0) is 10.8. The van der Waals surface area contributed by atoms with Gasteiger partial charge in [-0.3, -0.25) is 4.29 Å². The van der Waals surface area contributed by atoms with Crippen LogP contribution >= 0.6 is 11.9 Å². The molecule has 0 saturated heterocycles. The lowest BCUT2D eigenvalue weighted by Crippen LogP contribution is -2.21. The van der Waals surface area contributed by atoms with Crippen LogP contribution in [-0.4, -0.2) is 6.10 Å². The predicted octanol–water partition coefficient (Wildman–Crippen LogP) is 4.93. The lowest BCUT2D eigenvalue weighted by molar-refractivity contribution is 0.122. The van der Waals surface area contributed by atoms with Crippen LogP contribution in [0.25, 0.3) is 0 Å². The van der Waals surface area contributed by atoms with Gasteiger partial charge in [-0.05, 0) is 25.2 Å². The maximum absolute atomic E-state index is 5.56. The number of halogens is 1. The molecule has 0 saturated carbocycles. The van der Waals surface area contributed by atoms with Crippen LogP contribution in [0.1, 0.15) is 65.7 Å². The van der Waals surface area contributed by atoms with E-state index < -0.39 is 0 Å². The van der Waals surface area contributed by atoms with Gasteiger partial charge >= 0.3 is 0 Å². The first-order valence-corrected chi connectivity index (χ1v) is 6.38. The van der Waals surface area contributed by atoms with Gasteiger partial charge in [0.2, 0.25) is 0 Å². The van der Waals surface area contributed by atoms with Crippen molar-refractivity contribution >= 4 is 11.9 Å². The summed E-state index contributed by atoms with van der Waals surface area (Å²) in [6.07, 6.45) is 8.83. The SMILES string of the molecule is CCCCC(CCC)C(CCC)OCl. The Kier molecular flexibility index (Phi) is 9.97. The largest absolute Gasteiger partial charge is 0.276 e. The van der Waals surface area contributed by atoms with Crippen molar-refractivity contribution in [3.8, 4) is 0 Å². The maximum atomic E-state index is 5.56. The summed E-state index contributed by atoms with van der Waals surface area (Å²) in [5.74, 6) is 0.664. The summed E-state index contributed by atoms with van der Waals surface area (Å²) in [7, 11) is 0. The first kappa shape index (κ1) is 14.2. The molecule has 0 aliphatic heterocycles. The third-order valence-electron chi connectivity index (χ3n) is 2.80. The van der Waals surface area contributed by atoms with Crippen molar-refractivity contribution in [3.63, 3.8) is 0 Å². The molecule has 0 heterocycles. The summed E-state index contributed by atoms with van der Waals surface area (Å²) >= 11 is 5.56. The Labute approximate surface area is 94.3 Å². The van der Waals surface area contributed by atoms with Gasteiger partial charge < -0.3 is 0 Å². The van der Waals surface area contributed by atoms with Gasteiger partial charge in [-0.2, -0.15) is 0 Å². The number of rotatable bonds is 9. The molecular formula is C12H25ClO. The minimum Gasteiger partial charge on any atom is -0.276 e. The lowest BCUT2D eigenvalue weighted by atomic mass is 9.89. The summed E-state index contributed by atoms with van der Waals surface area (Å²) in [6, 6.07) is 0. The number of unbranched alkanes of at least 4 members (excludes halogenated alkanes) is 1. The minimum atomic E-state index is 0.271. The van der Waals surface area contributed by atoms with Gasteiger partial charge in [0.1, 0.15) is 0 Å². The second kappa shape index (κ2) is 9.79. The average molecular weight is 221 g/mol. The van der Waals surface area contributed by atoms with Crippen LogP contribution in [0.15, 0.2) is 0 Å². The fraction of sp³-hybridized carbons (Fsp3) is 1.00. The molecule has 0 aliphatic rings. The van der Waals surface area contributed by atoms with Crippen molar-refractivity contribution in [3.05, 3.63) is 0 Å². The van der Waals surface area contributed by atoms with E-state index in [-0.39, 0.29) is 6.10 Å². The molecule has 1 nitrogen and oxygen atoms in total. The monoisotopic (exact) mass is 220 g/mol. The third-order valence-corrected chi connectivity index (χ3v) is 3.03. The molecule has 14 heavy (non-hydrogen) atoms. The highest BCUT2D eigenvalue weighted by atomic mass is 35.5. The van der Waals surface area contributed by atoms with Crippen LogP contribution in [0.4, 0.5) is 0 Å². The summed E-state index contributed by atoms with van der Waals surface area (Å²) < 4.78 is 5.07. The second-order valence-electron chi connectivity index (χ2n) is 4.11. The van der Waals surface area contributed by atoms with Crippen LogP contribution < -0.4 is 0 Å². The van der Waals surface area contributed by atoms with E-state index >= 15 is 0 Å². The molecule has 2 unspecified atom stereocenters. The van der Waals surface area contributed by atoms with E-state index in [0.717, 1.165) is 12.8 Å². The first-order chi connectivity index (χ1) is 6.79. The summed E-state index contributed by atoms with van der Waals surface area (Å²) in [4.78, 5) is 0. The predicted molar refractivity (Wildman–Crippen MR) is 63.6 cm³/mol. The molecule has 0 rings (SSSR count). The number of hydrogen-bond donors (Lipinski definition) is 0. The van der Waals surface area contributed by atoms with Crippen molar-refractivity contribution in [1.29, 1.82) is 0 Å². The summed E-state index contributed by atoms with van der Waals surface area (Å²) in [5.41, 5.74) is 0. The highest BCUT2D eigenvalue weighted by Gasteiger charge is 2.20. The summed E-state index contributed by atoms with van der Waals surface area (Å²) in [6.45, 7) is 6.65. The van der Waals surface area contributed by atoms with Crippen molar-refractivity contribution in [2.24, 2.45) is 5.92 Å². The molecule has 86 valence electrons. The van der Waals surface area contributed by atoms with E-state index in [1.807, 2.05) is 0 Å². The Morgan fingerprint density at radius 2 is 1.57 bits per heavy atom. The molecule has 0 N–H and O–H groups in total. The standard InChI is InChI=1S/C12H25ClO/c1-4-7-10-11(8-5-2)12(14-13)9-6-3/h11-12H,4-10H2,1-3H3. The van der Waals surface area contributed by atoms with Gasteiger partial charge in [0.05, 0.1) is 18.0 Å². The molecule has 0 aliphatic carbocycles. The maximum Gasteiger partial charge on any atom is 0.0818 e. The van der Waals surface area contributed by atoms with Gasteiger partial charge in [-0.15, -0.1) is 0 Å². The van der Waals surface area contributed by atoms with Gasteiger partial charge in [-0.1, -0.05) is 46.5 Å². The quantitative estimate of drug-likeness (QED) is 0.535. The fourth-order valence-electron chi connectivity index (χ4n) is 1.99. The molecule has 0 fully saturated rings. The van der Waals surface area contributed by atoms with E-state index in [2.05, 4.69) is 20.8 Å². The molecule has 2 heteroatoms. The molecule has 0 spiro atoms. The van der Waals surface area contributed by atoms with Crippen LogP contribution in [-0.2, 0) is 4.29 Å². The first-order valence-electron chi connectivity index (χ1n) is 6.07. The summed E-state index contributed by atoms with van der Waals surface area (Å²) in [5, 5.41) is 0. The van der Waals surface area contributed by atoms with Gasteiger partial charge in [-0.25, -0.2) is 0 Å². The Morgan fingerprint density at radius 3 is 2.00 bits per heavy atom. The zero-order valence-electron chi connectivity index (χ0n) is 9.89. The molecule has 0 amide bonds. The van der Waals surface area contributed by atoms with Gasteiger partial charge in [0.25, 0.3) is 0 Å². The van der Waals surface area contributed by atoms with Crippen LogP contribution in [0.5, 0.6) is 0 Å². The average Bonchev–Trinajstić information content (AvgIpc) is 2.21. The number of hydrogen-bond acceptors (Lipinski definition) is 1. The molecule has 0 radical (unpaired) electrons. The fourth-order valence-corrected chi connectivity index (χ4v) is 2.23. The van der Waals surface area contributed by atoms with Crippen molar-refractivity contribution in [2.75, 3.05) is 0 Å². The second-order valence-corrected chi connectivity index (χ2v) is 4.29. The normalized spacial score (nSPS) is 15.4. The van der Waals surface area contributed by atoms with Crippen molar-refractivity contribution in [1.82, 2.24) is 0 Å². The van der Waals surface area contributed by atoms with Crippen molar-refractivity contribution in [2.45, 2.75) is 71.8 Å². The third kappa shape index (κ3) is 5.87. The topological polar surface area (TPSA) is 9.23 Å². The van der Waals surface area contributed by atoms with Gasteiger partial charge in [0, 0.05) is 0 Å². The highest BCUT2D eigenvalue weighted by Crippen LogP contribution is 2.25. The molecular weight excluding hydrogens is 196 g/mol. The van der Waals surface area contributed by atoms with Crippen LogP contribution in [0, 0.1) is 5.92 Å². The molecule has 2 atom stereocenters. The lowest BCUT2D eigenvalue weighted by Gasteiger charge is -2.23. The zero-order valence-corrected chi connectivity index (χ0v) is 10.6. The van der Waals surface area contributed by atoms with Crippen LogP contribution in [0.3, 0.4) is 0 Å².